The highest BCUT2D eigenvalue weighted by atomic mass is 15.1. The highest BCUT2D eigenvalue weighted by Gasteiger charge is 2.14. The summed E-state index contributed by atoms with van der Waals surface area (Å²) in [4.78, 5) is 2.70. The van der Waals surface area contributed by atoms with Crippen LogP contribution in [0.5, 0.6) is 0 Å². The summed E-state index contributed by atoms with van der Waals surface area (Å²) in [5.74, 6) is 0.941. The Labute approximate surface area is 169 Å². The maximum absolute atomic E-state index is 7.10. The number of nitrogens with zero attached hydrogens (tertiary/aromatic N) is 3. The first-order valence-electron chi connectivity index (χ1n) is 11.1. The molecule has 0 bridgehead atoms. The van der Waals surface area contributed by atoms with E-state index in [1.54, 1.807) is 0 Å². The molecule has 27 heavy (non-hydrogen) atoms. The van der Waals surface area contributed by atoms with Crippen molar-refractivity contribution in [3.63, 3.8) is 0 Å². The van der Waals surface area contributed by atoms with Gasteiger partial charge in [0.15, 0.2) is 12.4 Å². The van der Waals surface area contributed by atoms with E-state index in [0.717, 1.165) is 5.92 Å². The van der Waals surface area contributed by atoms with E-state index in [0.29, 0.717) is 0 Å². The summed E-state index contributed by atoms with van der Waals surface area (Å²) in [6.45, 7) is 8.79. The molecule has 5 heteroatoms. The maximum Gasteiger partial charge on any atom is 0.173 e. The topological polar surface area (TPSA) is 103 Å². The van der Waals surface area contributed by atoms with Crippen LogP contribution in [-0.4, -0.2) is 24.5 Å². The first kappa shape index (κ1) is 27.8. The van der Waals surface area contributed by atoms with E-state index in [1.165, 1.54) is 122 Å². The number of piperidine rings is 1. The molecule has 0 aliphatic carbocycles. The Hall–Kier alpha value is -1.46. The predicted octanol–water partition coefficient (Wildman–Crippen LogP) is 5.27. The minimum atomic E-state index is 0.941. The third kappa shape index (κ3) is 24.5. The van der Waals surface area contributed by atoms with Crippen LogP contribution in [0.2, 0.25) is 0 Å². The number of hydrogen-bond donors (Lipinski definition) is 2. The Balaban J connectivity index is 0. The molecular formula is C22H45N5. The molecular weight excluding hydrogens is 334 g/mol. The minimum Gasteiger partial charge on any atom is -0.337 e. The van der Waals surface area contributed by atoms with Gasteiger partial charge in [-0.05, 0) is 38.3 Å². The largest absolute Gasteiger partial charge is 0.337 e. The lowest BCUT2D eigenvalue weighted by molar-refractivity contribution is 0.180. The van der Waals surface area contributed by atoms with E-state index in [2.05, 4.69) is 30.2 Å². The van der Waals surface area contributed by atoms with Gasteiger partial charge in [0.2, 0.25) is 0 Å². The molecule has 1 rings (SSSR count). The number of rotatable bonds is 13. The first-order chi connectivity index (χ1) is 13.2. The minimum absolute atomic E-state index is 0.941. The molecule has 0 saturated carbocycles. The van der Waals surface area contributed by atoms with E-state index >= 15 is 0 Å². The molecule has 1 saturated heterocycles. The molecule has 1 fully saturated rings. The summed E-state index contributed by atoms with van der Waals surface area (Å²) in [5, 5.41) is 14.2. The number of unbranched alkanes of at least 4 members (excludes halogenated alkanes) is 11. The van der Waals surface area contributed by atoms with Crippen molar-refractivity contribution in [2.24, 2.45) is 17.4 Å². The van der Waals surface area contributed by atoms with Gasteiger partial charge in [0.05, 0.1) is 0 Å². The third-order valence-electron chi connectivity index (χ3n) is 5.07. The zero-order valence-electron chi connectivity index (χ0n) is 18.1. The molecule has 1 atom stereocenters. The van der Waals surface area contributed by atoms with E-state index in [1.807, 2.05) is 0 Å². The van der Waals surface area contributed by atoms with Gasteiger partial charge in [-0.1, -0.05) is 84.5 Å². The van der Waals surface area contributed by atoms with E-state index in [-0.39, 0.29) is 0 Å². The molecule has 5 nitrogen and oxygen atoms in total. The van der Waals surface area contributed by atoms with Crippen molar-refractivity contribution < 1.29 is 0 Å². The van der Waals surface area contributed by atoms with Gasteiger partial charge in [-0.2, -0.15) is 10.5 Å². The molecule has 0 aromatic rings. The third-order valence-corrected chi connectivity index (χ3v) is 5.07. The monoisotopic (exact) mass is 379 g/mol. The summed E-state index contributed by atoms with van der Waals surface area (Å²) >= 11 is 0. The molecule has 0 aromatic carbocycles. The summed E-state index contributed by atoms with van der Waals surface area (Å²) in [6.07, 6.45) is 22.9. The Morgan fingerprint density at radius 2 is 1.22 bits per heavy atom. The summed E-state index contributed by atoms with van der Waals surface area (Å²) in [5.41, 5.74) is 8.31. The van der Waals surface area contributed by atoms with Crippen LogP contribution >= 0.6 is 0 Å². The Kier molecular flexibility index (Phi) is 25.2. The number of hydrogen-bond acceptors (Lipinski definition) is 5. The first-order valence-corrected chi connectivity index (χ1v) is 11.1. The smallest absolute Gasteiger partial charge is 0.173 e. The predicted molar refractivity (Wildman–Crippen MR) is 116 cm³/mol. The van der Waals surface area contributed by atoms with Gasteiger partial charge < -0.3 is 16.4 Å². The van der Waals surface area contributed by atoms with Crippen LogP contribution in [0.4, 0.5) is 0 Å². The standard InChI is InChI=1S/C20H41N.2CH2N2/c1-3-4-5-6-7-8-9-10-11-12-13-14-17-21-18-15-16-20(2)19-21;2*2-1-3/h20H,3-19H2,1-2H3;2*2H2. The summed E-state index contributed by atoms with van der Waals surface area (Å²) < 4.78 is 0. The zero-order valence-corrected chi connectivity index (χ0v) is 18.1. The van der Waals surface area contributed by atoms with Crippen molar-refractivity contribution >= 4 is 0 Å². The molecule has 0 aromatic heterocycles. The van der Waals surface area contributed by atoms with Crippen molar-refractivity contribution in [1.29, 1.82) is 10.5 Å². The van der Waals surface area contributed by atoms with Gasteiger partial charge in [0.1, 0.15) is 0 Å². The van der Waals surface area contributed by atoms with Crippen molar-refractivity contribution in [2.45, 2.75) is 104 Å². The fraction of sp³-hybridized carbons (Fsp3) is 0.909. The van der Waals surface area contributed by atoms with Gasteiger partial charge >= 0.3 is 0 Å². The van der Waals surface area contributed by atoms with Gasteiger partial charge in [0.25, 0.3) is 0 Å². The SMILES string of the molecule is CCCCCCCCCCCCCCN1CCCC(C)C1.N#CN.N#CN. The quantitative estimate of drug-likeness (QED) is 0.258. The highest BCUT2D eigenvalue weighted by Crippen LogP contribution is 2.16. The molecule has 1 aliphatic heterocycles. The lowest BCUT2D eigenvalue weighted by Gasteiger charge is -2.30. The Bertz CT molecular complexity index is 347. The number of likely N-dealkylation sites (tertiary alicyclic amines) is 1. The van der Waals surface area contributed by atoms with E-state index < -0.39 is 0 Å². The average molecular weight is 380 g/mol. The van der Waals surface area contributed by atoms with Crippen molar-refractivity contribution in [2.75, 3.05) is 19.6 Å². The second kappa shape index (κ2) is 24.5. The van der Waals surface area contributed by atoms with Crippen LogP contribution in [0.25, 0.3) is 0 Å². The molecule has 0 radical (unpaired) electrons. The molecule has 1 unspecified atom stereocenters. The zero-order chi connectivity index (χ0) is 20.6. The van der Waals surface area contributed by atoms with E-state index in [4.69, 9.17) is 10.5 Å². The Morgan fingerprint density at radius 1 is 0.815 bits per heavy atom. The van der Waals surface area contributed by atoms with Crippen LogP contribution in [0.15, 0.2) is 0 Å². The fourth-order valence-electron chi connectivity index (χ4n) is 3.67. The van der Waals surface area contributed by atoms with Crippen molar-refractivity contribution in [3.8, 4) is 12.4 Å². The van der Waals surface area contributed by atoms with E-state index in [9.17, 15) is 0 Å². The number of nitriles is 2. The normalized spacial score (nSPS) is 16.1. The van der Waals surface area contributed by atoms with Crippen molar-refractivity contribution in [3.05, 3.63) is 0 Å². The van der Waals surface area contributed by atoms with Crippen LogP contribution in [0.1, 0.15) is 104 Å². The Morgan fingerprint density at radius 3 is 1.63 bits per heavy atom. The average Bonchev–Trinajstić information content (AvgIpc) is 2.64. The van der Waals surface area contributed by atoms with Gasteiger partial charge in [-0.3, -0.25) is 0 Å². The van der Waals surface area contributed by atoms with Gasteiger partial charge in [-0.25, -0.2) is 0 Å². The molecule has 0 spiro atoms. The summed E-state index contributed by atoms with van der Waals surface area (Å²) in [7, 11) is 0. The number of nitrogens with two attached hydrogens (primary N) is 2. The molecule has 1 aliphatic rings. The second-order valence-electron chi connectivity index (χ2n) is 7.70. The lowest BCUT2D eigenvalue weighted by Crippen LogP contribution is -2.34. The maximum atomic E-state index is 7.10. The van der Waals surface area contributed by atoms with Crippen LogP contribution in [0, 0.1) is 28.8 Å². The van der Waals surface area contributed by atoms with Gasteiger partial charge in [0, 0.05) is 6.54 Å². The summed E-state index contributed by atoms with van der Waals surface area (Å²) in [6, 6.07) is 0. The lowest BCUT2D eigenvalue weighted by atomic mass is 10.00. The van der Waals surface area contributed by atoms with Crippen LogP contribution in [0.3, 0.4) is 0 Å². The van der Waals surface area contributed by atoms with Crippen LogP contribution in [-0.2, 0) is 0 Å². The molecule has 1 heterocycles. The second-order valence-corrected chi connectivity index (χ2v) is 7.70. The highest BCUT2D eigenvalue weighted by molar-refractivity contribution is 4.69. The molecule has 0 amide bonds. The fourth-order valence-corrected chi connectivity index (χ4v) is 3.67. The molecule has 4 N–H and O–H groups in total. The van der Waals surface area contributed by atoms with Crippen molar-refractivity contribution in [1.82, 2.24) is 4.90 Å². The molecule has 158 valence electrons. The van der Waals surface area contributed by atoms with Gasteiger partial charge in [-0.15, -0.1) is 0 Å². The van der Waals surface area contributed by atoms with Crippen LogP contribution < -0.4 is 11.5 Å².